The second-order valence-corrected chi connectivity index (χ2v) is 4.47. The summed E-state index contributed by atoms with van der Waals surface area (Å²) in [5.74, 6) is -0.593. The minimum atomic E-state index is -0.715. The summed E-state index contributed by atoms with van der Waals surface area (Å²) in [6.07, 6.45) is 0.541. The van der Waals surface area contributed by atoms with Crippen LogP contribution in [0.2, 0.25) is 0 Å². The Kier molecular flexibility index (Phi) is 4.77. The Morgan fingerprint density at radius 3 is 2.57 bits per heavy atom. The Balaban J connectivity index is 1.90. The first kappa shape index (κ1) is 14.8. The quantitative estimate of drug-likeness (QED) is 0.679. The first-order chi connectivity index (χ1) is 10.1. The van der Waals surface area contributed by atoms with Crippen LogP contribution < -0.4 is 10.5 Å². The van der Waals surface area contributed by atoms with Gasteiger partial charge in [0, 0.05) is 12.1 Å². The lowest BCUT2D eigenvalue weighted by molar-refractivity contribution is 0.0504. The lowest BCUT2D eigenvalue weighted by atomic mass is 10.1. The molecular weight excluding hydrogens is 273 g/mol. The molecule has 110 valence electrons. The highest BCUT2D eigenvalue weighted by molar-refractivity contribution is 5.90. The molecule has 21 heavy (non-hydrogen) atoms. The highest BCUT2D eigenvalue weighted by Gasteiger charge is 2.13. The van der Waals surface area contributed by atoms with Crippen LogP contribution in [0.5, 0.6) is 5.75 Å². The number of benzene rings is 2. The zero-order chi connectivity index (χ0) is 15.2. The molecule has 0 saturated heterocycles. The monoisotopic (exact) mass is 289 g/mol. The largest absolute Gasteiger partial charge is 0.497 e. The number of ether oxygens (including phenoxy) is 2. The van der Waals surface area contributed by atoms with Crippen LogP contribution in [-0.4, -0.2) is 19.7 Å². The predicted molar refractivity (Wildman–Crippen MR) is 77.8 cm³/mol. The molecule has 0 heterocycles. The number of rotatable bonds is 5. The van der Waals surface area contributed by atoms with E-state index in [0.29, 0.717) is 12.1 Å². The van der Waals surface area contributed by atoms with Gasteiger partial charge in [-0.05, 0) is 35.9 Å². The molecule has 2 N–H and O–H groups in total. The zero-order valence-electron chi connectivity index (χ0n) is 11.6. The van der Waals surface area contributed by atoms with E-state index in [9.17, 15) is 9.18 Å². The number of hydrogen-bond acceptors (Lipinski definition) is 4. The first-order valence-corrected chi connectivity index (χ1v) is 6.45. The minimum Gasteiger partial charge on any atom is -0.497 e. The Morgan fingerprint density at radius 1 is 1.19 bits per heavy atom. The number of carbonyl (C=O) groups is 1. The third-order valence-corrected chi connectivity index (χ3v) is 2.99. The fraction of sp³-hybridized carbons (Fsp3) is 0.188. The maximum atomic E-state index is 13.5. The van der Waals surface area contributed by atoms with Crippen LogP contribution in [0.25, 0.3) is 0 Å². The summed E-state index contributed by atoms with van der Waals surface area (Å²) in [5, 5.41) is 0. The van der Waals surface area contributed by atoms with Gasteiger partial charge in [0.25, 0.3) is 0 Å². The fourth-order valence-corrected chi connectivity index (χ4v) is 1.83. The second kappa shape index (κ2) is 6.74. The summed E-state index contributed by atoms with van der Waals surface area (Å²) in [4.78, 5) is 11.8. The molecule has 2 rings (SSSR count). The van der Waals surface area contributed by atoms with E-state index in [1.165, 1.54) is 12.1 Å². The number of carbonyl (C=O) groups excluding carboxylic acids is 1. The van der Waals surface area contributed by atoms with Crippen LogP contribution in [0.3, 0.4) is 0 Å². The first-order valence-electron chi connectivity index (χ1n) is 6.45. The van der Waals surface area contributed by atoms with Gasteiger partial charge < -0.3 is 15.2 Å². The topological polar surface area (TPSA) is 61.5 Å². The lowest BCUT2D eigenvalue weighted by Crippen LogP contribution is -2.10. The molecule has 0 fully saturated rings. The van der Waals surface area contributed by atoms with Gasteiger partial charge in [-0.25, -0.2) is 9.18 Å². The maximum Gasteiger partial charge on any atom is 0.341 e. The molecule has 0 radical (unpaired) electrons. The van der Waals surface area contributed by atoms with E-state index < -0.39 is 11.8 Å². The molecule has 0 aliphatic carbocycles. The van der Waals surface area contributed by atoms with Crippen LogP contribution in [0.4, 0.5) is 10.1 Å². The van der Waals surface area contributed by atoms with E-state index in [-0.39, 0.29) is 12.2 Å². The van der Waals surface area contributed by atoms with Gasteiger partial charge >= 0.3 is 5.97 Å². The number of anilines is 1. The number of esters is 1. The molecule has 5 heteroatoms. The summed E-state index contributed by atoms with van der Waals surface area (Å²) in [6.45, 7) is 0.166. The molecule has 2 aromatic carbocycles. The molecule has 0 saturated carbocycles. The van der Waals surface area contributed by atoms with Crippen molar-refractivity contribution in [1.29, 1.82) is 0 Å². The summed E-state index contributed by atoms with van der Waals surface area (Å²) < 4.78 is 23.6. The van der Waals surface area contributed by atoms with Gasteiger partial charge in [-0.1, -0.05) is 12.1 Å². The van der Waals surface area contributed by atoms with E-state index in [1.54, 1.807) is 7.11 Å². The average Bonchev–Trinajstić information content (AvgIpc) is 2.50. The highest BCUT2D eigenvalue weighted by Crippen LogP contribution is 2.14. The van der Waals surface area contributed by atoms with Gasteiger partial charge in [0.2, 0.25) is 0 Å². The Hall–Kier alpha value is -2.56. The van der Waals surface area contributed by atoms with Crippen molar-refractivity contribution in [3.05, 3.63) is 59.4 Å². The molecule has 0 aliphatic heterocycles. The van der Waals surface area contributed by atoms with E-state index in [0.717, 1.165) is 17.4 Å². The van der Waals surface area contributed by atoms with Crippen molar-refractivity contribution in [2.45, 2.75) is 6.42 Å². The van der Waals surface area contributed by atoms with Crippen LogP contribution >= 0.6 is 0 Å². The predicted octanol–water partition coefficient (Wildman–Crippen LogP) is 2.82. The van der Waals surface area contributed by atoms with Crippen LogP contribution in [0.15, 0.2) is 42.5 Å². The normalized spacial score (nSPS) is 10.2. The molecule has 0 atom stereocenters. The second-order valence-electron chi connectivity index (χ2n) is 4.47. The van der Waals surface area contributed by atoms with Gasteiger partial charge in [0.1, 0.15) is 11.6 Å². The van der Waals surface area contributed by atoms with Gasteiger partial charge in [0.05, 0.1) is 19.3 Å². The number of nitrogens with two attached hydrogens (primary N) is 1. The standard InChI is InChI=1S/C16H16FNO3/c1-20-13-5-2-11(3-6-13)8-9-21-16(19)14-10-12(18)4-7-15(14)17/h2-7,10H,8-9,18H2,1H3. The van der Waals surface area contributed by atoms with E-state index >= 15 is 0 Å². The molecule has 0 aromatic heterocycles. The molecular formula is C16H16FNO3. The fourth-order valence-electron chi connectivity index (χ4n) is 1.83. The summed E-state index contributed by atoms with van der Waals surface area (Å²) in [5.41, 5.74) is 6.69. The van der Waals surface area contributed by atoms with Gasteiger partial charge in [0.15, 0.2) is 0 Å². The minimum absolute atomic E-state index is 0.148. The van der Waals surface area contributed by atoms with Crippen molar-refractivity contribution in [2.24, 2.45) is 0 Å². The van der Waals surface area contributed by atoms with Gasteiger partial charge in [-0.15, -0.1) is 0 Å². The van der Waals surface area contributed by atoms with E-state index in [1.807, 2.05) is 24.3 Å². The SMILES string of the molecule is COc1ccc(CCOC(=O)c2cc(N)ccc2F)cc1. The summed E-state index contributed by atoms with van der Waals surface area (Å²) >= 11 is 0. The highest BCUT2D eigenvalue weighted by atomic mass is 19.1. The third kappa shape index (κ3) is 3.95. The molecule has 0 aliphatic rings. The van der Waals surface area contributed by atoms with Gasteiger partial charge in [-0.2, -0.15) is 0 Å². The maximum absolute atomic E-state index is 13.5. The third-order valence-electron chi connectivity index (χ3n) is 2.99. The van der Waals surface area contributed by atoms with Crippen LogP contribution in [0, 0.1) is 5.82 Å². The molecule has 4 nitrogen and oxygen atoms in total. The van der Waals surface area contributed by atoms with Crippen molar-refractivity contribution in [3.63, 3.8) is 0 Å². The lowest BCUT2D eigenvalue weighted by Gasteiger charge is -2.07. The summed E-state index contributed by atoms with van der Waals surface area (Å²) in [7, 11) is 1.59. The Labute approximate surface area is 122 Å². The van der Waals surface area contributed by atoms with Crippen molar-refractivity contribution in [3.8, 4) is 5.75 Å². The van der Waals surface area contributed by atoms with E-state index in [4.69, 9.17) is 15.2 Å². The molecule has 0 amide bonds. The van der Waals surface area contributed by atoms with Crippen LogP contribution in [0.1, 0.15) is 15.9 Å². The Morgan fingerprint density at radius 2 is 1.90 bits per heavy atom. The zero-order valence-corrected chi connectivity index (χ0v) is 11.6. The average molecular weight is 289 g/mol. The van der Waals surface area contributed by atoms with Crippen molar-refractivity contribution >= 4 is 11.7 Å². The van der Waals surface area contributed by atoms with Crippen molar-refractivity contribution < 1.29 is 18.7 Å². The van der Waals surface area contributed by atoms with Gasteiger partial charge in [-0.3, -0.25) is 0 Å². The van der Waals surface area contributed by atoms with Crippen molar-refractivity contribution in [1.82, 2.24) is 0 Å². The molecule has 0 bridgehead atoms. The molecule has 0 spiro atoms. The van der Waals surface area contributed by atoms with Crippen LogP contribution in [-0.2, 0) is 11.2 Å². The number of methoxy groups -OCH3 is 1. The number of halogens is 1. The summed E-state index contributed by atoms with van der Waals surface area (Å²) in [6, 6.07) is 11.2. The Bertz CT molecular complexity index is 626. The van der Waals surface area contributed by atoms with E-state index in [2.05, 4.69) is 0 Å². The number of hydrogen-bond donors (Lipinski definition) is 1. The number of nitrogen functional groups attached to an aromatic ring is 1. The molecule has 0 unspecified atom stereocenters. The smallest absolute Gasteiger partial charge is 0.341 e. The molecule has 2 aromatic rings. The van der Waals surface area contributed by atoms with Crippen molar-refractivity contribution in [2.75, 3.05) is 19.5 Å².